The lowest BCUT2D eigenvalue weighted by Crippen LogP contribution is -2.50. The lowest BCUT2D eigenvalue weighted by atomic mass is 9.88. The number of aliphatic hydroxyl groups is 1. The summed E-state index contributed by atoms with van der Waals surface area (Å²) in [6.45, 7) is 5.35. The first-order valence-corrected chi connectivity index (χ1v) is 17.1. The van der Waals surface area contributed by atoms with E-state index in [1.54, 1.807) is 26.8 Å². The molecule has 1 aromatic heterocycles. The number of carbonyl (C=O) groups excluding carboxylic acids is 1. The molecule has 1 amide bonds. The molecule has 244 valence electrons. The summed E-state index contributed by atoms with van der Waals surface area (Å²) in [6, 6.07) is 8.13. The van der Waals surface area contributed by atoms with E-state index in [2.05, 4.69) is 4.72 Å². The van der Waals surface area contributed by atoms with Gasteiger partial charge in [0.1, 0.15) is 29.0 Å². The van der Waals surface area contributed by atoms with Crippen LogP contribution in [0.5, 0.6) is 5.75 Å². The molecule has 1 aromatic carbocycles. The lowest BCUT2D eigenvalue weighted by molar-refractivity contribution is -0.607. The average Bonchev–Trinajstić information content (AvgIpc) is 3.37. The second kappa shape index (κ2) is 13.1. The summed E-state index contributed by atoms with van der Waals surface area (Å²) in [5, 5.41) is 22.5. The number of aliphatic hydroxyl groups excluding tert-OH is 1. The number of nitrogens with one attached hydrogen (secondary N) is 1. The first-order chi connectivity index (χ1) is 20.5. The van der Waals surface area contributed by atoms with E-state index in [1.807, 2.05) is 0 Å². The van der Waals surface area contributed by atoms with Gasteiger partial charge >= 0.3 is 6.09 Å². The molecule has 0 saturated carbocycles. The van der Waals surface area contributed by atoms with Gasteiger partial charge in [-0.05, 0) is 65.3 Å². The van der Waals surface area contributed by atoms with Crippen LogP contribution in [0.2, 0.25) is 0 Å². The zero-order valence-electron chi connectivity index (χ0n) is 25.2. The van der Waals surface area contributed by atoms with Crippen molar-refractivity contribution in [2.75, 3.05) is 39.9 Å². The molecule has 1 spiro atoms. The lowest BCUT2D eigenvalue weighted by Gasteiger charge is -2.38. The van der Waals surface area contributed by atoms with Crippen LogP contribution in [0.4, 0.5) is 4.79 Å². The molecular formula is C28H40N4O10S2. The highest BCUT2D eigenvalue weighted by Crippen LogP contribution is 2.39. The minimum atomic E-state index is -3.86. The minimum absolute atomic E-state index is 0.00688. The van der Waals surface area contributed by atoms with E-state index in [-0.39, 0.29) is 48.4 Å². The van der Waals surface area contributed by atoms with Gasteiger partial charge in [0.2, 0.25) is 20.0 Å². The molecule has 2 N–H and O–H groups in total. The van der Waals surface area contributed by atoms with Crippen molar-refractivity contribution in [2.45, 2.75) is 73.2 Å². The van der Waals surface area contributed by atoms with Crippen molar-refractivity contribution >= 4 is 26.1 Å². The molecule has 2 aliphatic heterocycles. The number of aromatic nitrogens is 1. The van der Waals surface area contributed by atoms with Gasteiger partial charge < -0.3 is 29.4 Å². The monoisotopic (exact) mass is 656 g/mol. The number of rotatable bonds is 10. The molecule has 44 heavy (non-hydrogen) atoms. The van der Waals surface area contributed by atoms with Crippen LogP contribution in [0.15, 0.2) is 58.6 Å². The standard InChI is InChI=1S/C28H40N4O10S2/c1-27(2,3)42-26(34)32(17-22(33)20-40-23-7-5-8-24(15-23)43(36,37)29-4)21-16-28(41-19-21)10-13-31(14-11-28)44(38,39)25-9-6-12-30(35)18-25/h5-9,12,15,18,21-22,29,33H,10-11,13-14,16-17,19-20H2,1-4H3/t21-,22+/m1/s1. The highest BCUT2D eigenvalue weighted by atomic mass is 32.2. The summed E-state index contributed by atoms with van der Waals surface area (Å²) < 4.78 is 71.9. The zero-order chi connectivity index (χ0) is 32.3. The van der Waals surface area contributed by atoms with Gasteiger partial charge in [-0.15, -0.1) is 0 Å². The van der Waals surface area contributed by atoms with E-state index in [9.17, 15) is 31.9 Å². The summed E-state index contributed by atoms with van der Waals surface area (Å²) in [6.07, 6.45) is 1.62. The molecule has 2 atom stereocenters. The van der Waals surface area contributed by atoms with Crippen molar-refractivity contribution < 1.29 is 45.7 Å². The summed E-state index contributed by atoms with van der Waals surface area (Å²) in [5.74, 6) is 0.231. The highest BCUT2D eigenvalue weighted by molar-refractivity contribution is 7.89. The van der Waals surface area contributed by atoms with Gasteiger partial charge in [0.25, 0.3) is 0 Å². The first kappa shape index (κ1) is 33.9. The van der Waals surface area contributed by atoms with Gasteiger partial charge in [-0.2, -0.15) is 9.04 Å². The molecule has 0 bridgehead atoms. The topological polar surface area (TPSA) is 179 Å². The predicted octanol–water partition coefficient (Wildman–Crippen LogP) is 1.22. The van der Waals surface area contributed by atoms with Crippen LogP contribution in [0.1, 0.15) is 40.0 Å². The number of pyridine rings is 1. The molecule has 0 radical (unpaired) electrons. The molecule has 2 fully saturated rings. The summed E-state index contributed by atoms with van der Waals surface area (Å²) >= 11 is 0. The number of piperidine rings is 1. The summed E-state index contributed by atoms with van der Waals surface area (Å²) in [5.41, 5.74) is -1.47. The number of sulfonamides is 2. The smallest absolute Gasteiger partial charge is 0.410 e. The Bertz CT molecular complexity index is 1540. The molecule has 4 rings (SSSR count). The third kappa shape index (κ3) is 8.17. The minimum Gasteiger partial charge on any atom is -0.619 e. The van der Waals surface area contributed by atoms with Crippen molar-refractivity contribution in [3.8, 4) is 5.75 Å². The van der Waals surface area contributed by atoms with E-state index in [4.69, 9.17) is 14.2 Å². The molecular weight excluding hydrogens is 616 g/mol. The van der Waals surface area contributed by atoms with Gasteiger partial charge in [-0.25, -0.2) is 26.4 Å². The Morgan fingerprint density at radius 3 is 2.52 bits per heavy atom. The maximum atomic E-state index is 13.3. The van der Waals surface area contributed by atoms with Crippen LogP contribution in [0.25, 0.3) is 0 Å². The van der Waals surface area contributed by atoms with Crippen LogP contribution in [-0.2, 0) is 29.5 Å². The number of hydrogen-bond donors (Lipinski definition) is 2. The van der Waals surface area contributed by atoms with Crippen molar-refractivity contribution in [1.82, 2.24) is 13.9 Å². The van der Waals surface area contributed by atoms with Gasteiger partial charge in [0.05, 0.1) is 29.7 Å². The SMILES string of the molecule is CNS(=O)(=O)c1cccc(OC[C@@H](O)CN(C(=O)OC(C)(C)C)[C@H]2COC3(CCN(S(=O)(=O)c4ccc[n+]([O-])c4)CC3)C2)c1. The number of carbonyl (C=O) groups is 1. The van der Waals surface area contributed by atoms with Crippen LogP contribution in [0.3, 0.4) is 0 Å². The van der Waals surface area contributed by atoms with Crippen molar-refractivity contribution in [1.29, 1.82) is 0 Å². The number of hydrogen-bond acceptors (Lipinski definition) is 10. The number of amides is 1. The van der Waals surface area contributed by atoms with Crippen molar-refractivity contribution in [3.63, 3.8) is 0 Å². The predicted molar refractivity (Wildman–Crippen MR) is 158 cm³/mol. The second-order valence-electron chi connectivity index (χ2n) is 11.9. The van der Waals surface area contributed by atoms with Crippen LogP contribution < -0.4 is 14.2 Å². The average molecular weight is 657 g/mol. The second-order valence-corrected chi connectivity index (χ2v) is 15.8. The molecule has 2 aliphatic rings. The van der Waals surface area contributed by atoms with Gasteiger partial charge in [-0.1, -0.05) is 6.07 Å². The Hall–Kier alpha value is -3.02. The Balaban J connectivity index is 1.41. The molecule has 2 saturated heterocycles. The number of benzene rings is 1. The molecule has 0 unspecified atom stereocenters. The molecule has 14 nitrogen and oxygen atoms in total. The van der Waals surface area contributed by atoms with Crippen LogP contribution in [0, 0.1) is 5.21 Å². The first-order valence-electron chi connectivity index (χ1n) is 14.2. The third-order valence-corrected chi connectivity index (χ3v) is 10.8. The van der Waals surface area contributed by atoms with Crippen LogP contribution >= 0.6 is 0 Å². The van der Waals surface area contributed by atoms with Crippen LogP contribution in [-0.4, -0.2) is 100 Å². The van der Waals surface area contributed by atoms with Gasteiger partial charge in [-0.3, -0.25) is 0 Å². The molecule has 2 aromatic rings. The Morgan fingerprint density at radius 2 is 1.89 bits per heavy atom. The Morgan fingerprint density at radius 1 is 1.20 bits per heavy atom. The summed E-state index contributed by atoms with van der Waals surface area (Å²) in [7, 11) is -6.25. The van der Waals surface area contributed by atoms with Gasteiger partial charge in [0.15, 0.2) is 12.4 Å². The van der Waals surface area contributed by atoms with E-state index in [0.29, 0.717) is 24.0 Å². The normalized spacial score (nSPS) is 19.9. The molecule has 3 heterocycles. The fourth-order valence-electron chi connectivity index (χ4n) is 5.25. The Kier molecular flexibility index (Phi) is 10.1. The summed E-state index contributed by atoms with van der Waals surface area (Å²) in [4.78, 5) is 14.6. The number of nitrogens with zero attached hydrogens (tertiary/aromatic N) is 3. The molecule has 0 aliphatic carbocycles. The molecule has 16 heteroatoms. The van der Waals surface area contributed by atoms with Gasteiger partial charge in [0, 0.05) is 25.2 Å². The number of ether oxygens (including phenoxy) is 3. The fraction of sp³-hybridized carbons (Fsp3) is 0.571. The zero-order valence-corrected chi connectivity index (χ0v) is 26.8. The highest BCUT2D eigenvalue weighted by Gasteiger charge is 2.48. The quantitative estimate of drug-likeness (QED) is 0.279. The fourth-order valence-corrected chi connectivity index (χ4v) is 7.47. The maximum Gasteiger partial charge on any atom is 0.410 e. The largest absolute Gasteiger partial charge is 0.619 e. The Labute approximate surface area is 258 Å². The van der Waals surface area contributed by atoms with E-state index < -0.39 is 49.5 Å². The van der Waals surface area contributed by atoms with Crippen molar-refractivity contribution in [2.24, 2.45) is 0 Å². The van der Waals surface area contributed by atoms with E-state index >= 15 is 0 Å². The van der Waals surface area contributed by atoms with E-state index in [1.165, 1.54) is 52.8 Å². The van der Waals surface area contributed by atoms with E-state index in [0.717, 1.165) is 6.20 Å². The maximum absolute atomic E-state index is 13.3. The van der Waals surface area contributed by atoms with Crippen molar-refractivity contribution in [3.05, 3.63) is 54.0 Å². The third-order valence-electron chi connectivity index (χ3n) is 7.51.